The van der Waals surface area contributed by atoms with Crippen LogP contribution >= 0.6 is 11.3 Å². The quantitative estimate of drug-likeness (QED) is 0.684. The Morgan fingerprint density at radius 3 is 2.57 bits per heavy atom. The summed E-state index contributed by atoms with van der Waals surface area (Å²) < 4.78 is 0. The van der Waals surface area contributed by atoms with E-state index >= 15 is 0 Å². The molecule has 0 aliphatic heterocycles. The molecular weight excluding hydrogens is 190 g/mol. The van der Waals surface area contributed by atoms with Crippen molar-refractivity contribution in [1.82, 2.24) is 4.98 Å². The minimum absolute atomic E-state index is 0. The van der Waals surface area contributed by atoms with E-state index < -0.39 is 0 Å². The van der Waals surface area contributed by atoms with Crippen molar-refractivity contribution in [3.63, 3.8) is 0 Å². The minimum Gasteiger partial charge on any atom is -0.241 e. The first-order valence-electron chi connectivity index (χ1n) is 4.25. The summed E-state index contributed by atoms with van der Waals surface area (Å²) in [7, 11) is 0. The SMILES string of the molecule is C.Cc1cccc(-c2nc(C)cs2)c1. The van der Waals surface area contributed by atoms with Crippen molar-refractivity contribution < 1.29 is 0 Å². The molecule has 1 heterocycles. The second-order valence-corrected chi connectivity index (χ2v) is 4.02. The zero-order valence-corrected chi connectivity index (χ0v) is 8.56. The monoisotopic (exact) mass is 205 g/mol. The summed E-state index contributed by atoms with van der Waals surface area (Å²) in [5.74, 6) is 0. The highest BCUT2D eigenvalue weighted by Gasteiger charge is 2.01. The highest BCUT2D eigenvalue weighted by atomic mass is 32.1. The number of thiazole rings is 1. The van der Waals surface area contributed by atoms with Crippen LogP contribution in [0.1, 0.15) is 18.7 Å². The van der Waals surface area contributed by atoms with Gasteiger partial charge >= 0.3 is 0 Å². The number of hydrogen-bond acceptors (Lipinski definition) is 2. The third-order valence-corrected chi connectivity index (χ3v) is 2.89. The smallest absolute Gasteiger partial charge is 0.123 e. The van der Waals surface area contributed by atoms with Crippen LogP contribution in [0.5, 0.6) is 0 Å². The van der Waals surface area contributed by atoms with E-state index in [9.17, 15) is 0 Å². The lowest BCUT2D eigenvalue weighted by atomic mass is 10.1. The van der Waals surface area contributed by atoms with E-state index in [4.69, 9.17) is 0 Å². The van der Waals surface area contributed by atoms with Gasteiger partial charge < -0.3 is 0 Å². The Labute approximate surface area is 89.4 Å². The highest BCUT2D eigenvalue weighted by Crippen LogP contribution is 2.23. The molecule has 0 radical (unpaired) electrons. The fraction of sp³-hybridized carbons (Fsp3) is 0.250. The van der Waals surface area contributed by atoms with Gasteiger partial charge in [0, 0.05) is 16.6 Å². The van der Waals surface area contributed by atoms with E-state index in [1.165, 1.54) is 11.1 Å². The van der Waals surface area contributed by atoms with Crippen molar-refractivity contribution in [2.75, 3.05) is 0 Å². The molecule has 0 amide bonds. The van der Waals surface area contributed by atoms with E-state index in [0.717, 1.165) is 10.7 Å². The number of benzene rings is 1. The molecule has 2 rings (SSSR count). The molecule has 0 fully saturated rings. The van der Waals surface area contributed by atoms with Crippen LogP contribution in [0.15, 0.2) is 29.6 Å². The van der Waals surface area contributed by atoms with Crippen LogP contribution in [0.4, 0.5) is 0 Å². The Morgan fingerprint density at radius 2 is 2.00 bits per heavy atom. The van der Waals surface area contributed by atoms with Crippen LogP contribution < -0.4 is 0 Å². The van der Waals surface area contributed by atoms with Gasteiger partial charge in [-0.3, -0.25) is 0 Å². The molecule has 1 aromatic carbocycles. The number of aromatic nitrogens is 1. The fourth-order valence-electron chi connectivity index (χ4n) is 1.26. The lowest BCUT2D eigenvalue weighted by molar-refractivity contribution is 1.27. The summed E-state index contributed by atoms with van der Waals surface area (Å²) in [5, 5.41) is 3.19. The van der Waals surface area contributed by atoms with Gasteiger partial charge in [-0.15, -0.1) is 11.3 Å². The van der Waals surface area contributed by atoms with Crippen LogP contribution in [0.25, 0.3) is 10.6 Å². The molecule has 0 atom stereocenters. The summed E-state index contributed by atoms with van der Waals surface area (Å²) in [6, 6.07) is 8.44. The average Bonchev–Trinajstić information content (AvgIpc) is 2.52. The van der Waals surface area contributed by atoms with Gasteiger partial charge in [0.15, 0.2) is 0 Å². The molecule has 14 heavy (non-hydrogen) atoms. The van der Waals surface area contributed by atoms with Crippen LogP contribution in [0, 0.1) is 13.8 Å². The van der Waals surface area contributed by atoms with E-state index in [1.54, 1.807) is 11.3 Å². The van der Waals surface area contributed by atoms with Crippen LogP contribution in [-0.4, -0.2) is 4.98 Å². The molecule has 0 unspecified atom stereocenters. The average molecular weight is 205 g/mol. The van der Waals surface area contributed by atoms with E-state index in [1.807, 2.05) is 6.92 Å². The van der Waals surface area contributed by atoms with Crippen molar-refractivity contribution in [3.8, 4) is 10.6 Å². The van der Waals surface area contributed by atoms with Crippen molar-refractivity contribution in [1.29, 1.82) is 0 Å². The van der Waals surface area contributed by atoms with Gasteiger partial charge in [-0.1, -0.05) is 31.2 Å². The van der Waals surface area contributed by atoms with Crippen molar-refractivity contribution in [2.45, 2.75) is 21.3 Å². The molecule has 1 aromatic heterocycles. The highest BCUT2D eigenvalue weighted by molar-refractivity contribution is 7.13. The molecule has 2 aromatic rings. The summed E-state index contributed by atoms with van der Waals surface area (Å²) in [4.78, 5) is 4.44. The molecular formula is C12H15NS. The Morgan fingerprint density at radius 1 is 1.21 bits per heavy atom. The van der Waals surface area contributed by atoms with Gasteiger partial charge in [0.1, 0.15) is 5.01 Å². The zero-order valence-electron chi connectivity index (χ0n) is 7.74. The minimum atomic E-state index is 0. The summed E-state index contributed by atoms with van der Waals surface area (Å²) >= 11 is 1.70. The van der Waals surface area contributed by atoms with Crippen molar-refractivity contribution in [3.05, 3.63) is 40.9 Å². The molecule has 1 nitrogen and oxygen atoms in total. The predicted octanol–water partition coefficient (Wildman–Crippen LogP) is 4.06. The van der Waals surface area contributed by atoms with E-state index in [2.05, 4.69) is 41.6 Å². The fourth-order valence-corrected chi connectivity index (χ4v) is 2.06. The number of rotatable bonds is 1. The van der Waals surface area contributed by atoms with Crippen LogP contribution in [-0.2, 0) is 0 Å². The lowest BCUT2D eigenvalue weighted by Crippen LogP contribution is -1.78. The van der Waals surface area contributed by atoms with Gasteiger partial charge in [0.25, 0.3) is 0 Å². The second-order valence-electron chi connectivity index (χ2n) is 3.16. The number of aryl methyl sites for hydroxylation is 2. The Hall–Kier alpha value is -1.15. The maximum absolute atomic E-state index is 4.44. The second kappa shape index (κ2) is 4.38. The van der Waals surface area contributed by atoms with Gasteiger partial charge in [-0.25, -0.2) is 4.98 Å². The third kappa shape index (κ3) is 2.20. The first-order chi connectivity index (χ1) is 6.25. The summed E-state index contributed by atoms with van der Waals surface area (Å²) in [6.07, 6.45) is 0. The predicted molar refractivity (Wildman–Crippen MR) is 63.8 cm³/mol. The summed E-state index contributed by atoms with van der Waals surface area (Å²) in [5.41, 5.74) is 3.60. The van der Waals surface area contributed by atoms with E-state index in [0.29, 0.717) is 0 Å². The maximum atomic E-state index is 4.44. The molecule has 0 saturated heterocycles. The van der Waals surface area contributed by atoms with Crippen molar-refractivity contribution in [2.24, 2.45) is 0 Å². The van der Waals surface area contributed by atoms with Crippen LogP contribution in [0.2, 0.25) is 0 Å². The molecule has 0 aliphatic carbocycles. The van der Waals surface area contributed by atoms with E-state index in [-0.39, 0.29) is 7.43 Å². The van der Waals surface area contributed by atoms with Crippen molar-refractivity contribution >= 4 is 11.3 Å². The normalized spacial score (nSPS) is 9.57. The zero-order chi connectivity index (χ0) is 9.26. The molecule has 0 N–H and O–H groups in total. The molecule has 0 spiro atoms. The van der Waals surface area contributed by atoms with Gasteiger partial charge in [0.05, 0.1) is 0 Å². The molecule has 74 valence electrons. The standard InChI is InChI=1S/C11H11NS.CH4/c1-8-4-3-5-10(6-8)11-12-9(2)7-13-11;/h3-7H,1-2H3;1H4. The first-order valence-corrected chi connectivity index (χ1v) is 5.13. The largest absolute Gasteiger partial charge is 0.241 e. The number of hydrogen-bond donors (Lipinski definition) is 0. The first kappa shape index (κ1) is 10.9. The maximum Gasteiger partial charge on any atom is 0.123 e. The Bertz CT molecular complexity index is 418. The molecule has 0 bridgehead atoms. The third-order valence-electron chi connectivity index (χ3n) is 1.88. The summed E-state index contributed by atoms with van der Waals surface area (Å²) in [6.45, 7) is 4.12. The van der Waals surface area contributed by atoms with Crippen LogP contribution in [0.3, 0.4) is 0 Å². The lowest BCUT2D eigenvalue weighted by Gasteiger charge is -1.96. The van der Waals surface area contributed by atoms with Gasteiger partial charge in [-0.05, 0) is 19.9 Å². The molecule has 0 aliphatic rings. The Kier molecular flexibility index (Phi) is 3.42. The Balaban J connectivity index is 0.000000980. The molecule has 2 heteroatoms. The topological polar surface area (TPSA) is 12.9 Å². The number of nitrogens with zero attached hydrogens (tertiary/aromatic N) is 1. The molecule has 0 saturated carbocycles. The van der Waals surface area contributed by atoms with Gasteiger partial charge in [0.2, 0.25) is 0 Å². The van der Waals surface area contributed by atoms with Gasteiger partial charge in [-0.2, -0.15) is 0 Å².